The monoisotopic (exact) mass is 610 g/mol. The molecule has 2 saturated heterocycles. The van der Waals surface area contributed by atoms with E-state index in [4.69, 9.17) is 47.0 Å². The third kappa shape index (κ3) is 7.04. The second-order valence-electron chi connectivity index (χ2n) is 11.6. The van der Waals surface area contributed by atoms with Crippen molar-refractivity contribution < 1.29 is 59.5 Å². The van der Waals surface area contributed by atoms with Crippen LogP contribution in [0.5, 0.6) is 0 Å². The van der Waals surface area contributed by atoms with E-state index >= 15 is 0 Å². The number of carbonyl (C=O) groups excluding carboxylic acids is 1. The minimum Gasteiger partial charge on any atom is -0.395 e. The van der Waals surface area contributed by atoms with Crippen LogP contribution in [0.15, 0.2) is 0 Å². The molecule has 1 amide bonds. The van der Waals surface area contributed by atoms with Crippen molar-refractivity contribution in [1.29, 1.82) is 0 Å². The molecule has 0 aromatic rings. The van der Waals surface area contributed by atoms with Gasteiger partial charge in [-0.05, 0) is 12.8 Å². The molecule has 18 nitrogen and oxygen atoms in total. The van der Waals surface area contributed by atoms with E-state index in [-0.39, 0.29) is 39.0 Å². The lowest BCUT2D eigenvalue weighted by Crippen LogP contribution is -2.69. The number of rotatable bonds is 11. The van der Waals surface area contributed by atoms with E-state index in [0.29, 0.717) is 0 Å². The lowest BCUT2D eigenvalue weighted by atomic mass is 9.83. The van der Waals surface area contributed by atoms with Crippen molar-refractivity contribution >= 4 is 5.91 Å². The summed E-state index contributed by atoms with van der Waals surface area (Å²) in [7, 11) is 0. The van der Waals surface area contributed by atoms with Gasteiger partial charge in [0.2, 0.25) is 0 Å². The van der Waals surface area contributed by atoms with Crippen LogP contribution in [0.4, 0.5) is 0 Å². The van der Waals surface area contributed by atoms with Crippen LogP contribution in [-0.2, 0) is 23.7 Å². The summed E-state index contributed by atoms with van der Waals surface area (Å²) < 4.78 is 23.4. The number of aliphatic hydroxyl groups excluding tert-OH is 6. The third-order valence-corrected chi connectivity index (χ3v) is 8.47. The van der Waals surface area contributed by atoms with Crippen molar-refractivity contribution in [1.82, 2.24) is 10.6 Å². The Kier molecular flexibility index (Phi) is 11.1. The Hall–Kier alpha value is -1.17. The number of hydrogen-bond acceptors (Lipinski definition) is 17. The van der Waals surface area contributed by atoms with Crippen LogP contribution in [0.1, 0.15) is 19.3 Å². The first-order valence-electron chi connectivity index (χ1n) is 14.1. The zero-order chi connectivity index (χ0) is 30.9. The van der Waals surface area contributed by atoms with Crippen molar-refractivity contribution in [2.45, 2.75) is 116 Å². The van der Waals surface area contributed by atoms with Gasteiger partial charge in [0.1, 0.15) is 36.6 Å². The summed E-state index contributed by atoms with van der Waals surface area (Å²) in [6.07, 6.45) is -12.6. The standard InChI is InChI=1S/C24H46N6O12/c25-8-3-10(30-23(37)24(38)5-14(24)27)20(42-22-17(35)15(28)16(34)13(7-32)40-22)18(36)19(8)41-21-9(26)4-11(33)12(39-21)6-29-1-2-31/h8-22,29,31-36,38H,1-7,25-28H2,(H,30,37)/t8-,9+,10+,11-,12+,13+,14?,15-,16+,17+,18-,19+,20-,21+,22+,24?/m0/s1. The van der Waals surface area contributed by atoms with Gasteiger partial charge >= 0.3 is 0 Å². The topological polar surface area (TPSA) is 324 Å². The highest BCUT2D eigenvalue weighted by Crippen LogP contribution is 2.36. The summed E-state index contributed by atoms with van der Waals surface area (Å²) in [5, 5.41) is 77.3. The third-order valence-electron chi connectivity index (χ3n) is 8.47. The molecular formula is C24H46N6O12. The molecule has 2 saturated carbocycles. The summed E-state index contributed by atoms with van der Waals surface area (Å²) >= 11 is 0. The Morgan fingerprint density at radius 3 is 2.14 bits per heavy atom. The number of aliphatic hydroxyl groups is 7. The zero-order valence-electron chi connectivity index (χ0n) is 23.1. The van der Waals surface area contributed by atoms with E-state index in [1.54, 1.807) is 0 Å². The summed E-state index contributed by atoms with van der Waals surface area (Å²) in [6, 6.07) is -4.81. The molecule has 4 fully saturated rings. The molecule has 2 heterocycles. The van der Waals surface area contributed by atoms with Gasteiger partial charge in [-0.15, -0.1) is 0 Å². The largest absolute Gasteiger partial charge is 0.395 e. The maximum atomic E-state index is 12.8. The highest BCUT2D eigenvalue weighted by molar-refractivity contribution is 5.89. The first-order chi connectivity index (χ1) is 19.8. The molecule has 18 heteroatoms. The normalized spacial score (nSPS) is 49.5. The molecule has 0 bridgehead atoms. The minimum atomic E-state index is -1.80. The first-order valence-corrected chi connectivity index (χ1v) is 14.1. The van der Waals surface area contributed by atoms with Crippen molar-refractivity contribution in [3.63, 3.8) is 0 Å². The van der Waals surface area contributed by atoms with Crippen molar-refractivity contribution in [2.75, 3.05) is 26.3 Å². The molecular weight excluding hydrogens is 564 g/mol. The van der Waals surface area contributed by atoms with Gasteiger partial charge in [-0.25, -0.2) is 0 Å². The number of amides is 1. The molecule has 42 heavy (non-hydrogen) atoms. The molecule has 16 atom stereocenters. The molecule has 4 rings (SSSR count). The molecule has 17 N–H and O–H groups in total. The fraction of sp³-hybridized carbons (Fsp3) is 0.958. The van der Waals surface area contributed by atoms with Crippen LogP contribution in [0.25, 0.3) is 0 Å². The summed E-state index contributed by atoms with van der Waals surface area (Å²) in [6.45, 7) is -0.299. The van der Waals surface area contributed by atoms with Crippen LogP contribution < -0.4 is 33.6 Å². The van der Waals surface area contributed by atoms with E-state index in [1.165, 1.54) is 0 Å². The second kappa shape index (κ2) is 13.9. The highest BCUT2D eigenvalue weighted by Gasteiger charge is 2.59. The van der Waals surface area contributed by atoms with Gasteiger partial charge in [-0.3, -0.25) is 4.79 Å². The predicted molar refractivity (Wildman–Crippen MR) is 141 cm³/mol. The van der Waals surface area contributed by atoms with Crippen molar-refractivity contribution in [3.8, 4) is 0 Å². The maximum Gasteiger partial charge on any atom is 0.253 e. The Bertz CT molecular complexity index is 910. The molecule has 0 aromatic carbocycles. The van der Waals surface area contributed by atoms with E-state index < -0.39 is 110 Å². The van der Waals surface area contributed by atoms with Crippen molar-refractivity contribution in [2.24, 2.45) is 22.9 Å². The SMILES string of the molecule is NC1CC1(O)C(=O)N[C@@H]1C[C@H](N)[C@@H](O[C@H]2O[C@H](CNCCO)[C@@H](O)C[C@H]2N)[C@H](O)[C@H]1O[C@H]1O[C@H](CO)[C@@H](O)[C@H](N)[C@H]1O. The quantitative estimate of drug-likeness (QED) is 0.0965. The van der Waals surface area contributed by atoms with Crippen LogP contribution >= 0.6 is 0 Å². The fourth-order valence-electron chi connectivity index (χ4n) is 5.65. The van der Waals surface area contributed by atoms with E-state index in [0.717, 1.165) is 0 Å². The summed E-state index contributed by atoms with van der Waals surface area (Å²) in [5.41, 5.74) is 22.4. The zero-order valence-corrected chi connectivity index (χ0v) is 23.1. The van der Waals surface area contributed by atoms with Crippen LogP contribution in [-0.4, -0.2) is 165 Å². The molecule has 0 radical (unpaired) electrons. The molecule has 0 spiro atoms. The number of ether oxygens (including phenoxy) is 4. The lowest BCUT2D eigenvalue weighted by molar-refractivity contribution is -0.316. The number of hydrogen-bond donors (Lipinski definition) is 13. The van der Waals surface area contributed by atoms with Gasteiger partial charge in [0.15, 0.2) is 18.2 Å². The average Bonchev–Trinajstić information content (AvgIpc) is 3.57. The number of nitrogens with two attached hydrogens (primary N) is 4. The molecule has 2 aliphatic heterocycles. The Balaban J connectivity index is 1.52. The van der Waals surface area contributed by atoms with Gasteiger partial charge in [0.25, 0.3) is 5.91 Å². The van der Waals surface area contributed by atoms with E-state index in [2.05, 4.69) is 10.6 Å². The van der Waals surface area contributed by atoms with E-state index in [1.807, 2.05) is 0 Å². The highest BCUT2D eigenvalue weighted by atomic mass is 16.7. The van der Waals surface area contributed by atoms with Crippen LogP contribution in [0, 0.1) is 0 Å². The van der Waals surface area contributed by atoms with Gasteiger partial charge in [-0.2, -0.15) is 0 Å². The number of carbonyl (C=O) groups is 1. The van der Waals surface area contributed by atoms with Crippen LogP contribution in [0.2, 0.25) is 0 Å². The average molecular weight is 611 g/mol. The molecule has 2 aliphatic carbocycles. The van der Waals surface area contributed by atoms with Gasteiger partial charge in [-0.1, -0.05) is 0 Å². The molecule has 4 aliphatic rings. The Morgan fingerprint density at radius 2 is 1.52 bits per heavy atom. The fourth-order valence-corrected chi connectivity index (χ4v) is 5.65. The lowest BCUT2D eigenvalue weighted by Gasteiger charge is -2.48. The Morgan fingerprint density at radius 1 is 0.881 bits per heavy atom. The van der Waals surface area contributed by atoms with Gasteiger partial charge in [0.05, 0.1) is 43.5 Å². The summed E-state index contributed by atoms with van der Waals surface area (Å²) in [4.78, 5) is 12.8. The van der Waals surface area contributed by atoms with Crippen molar-refractivity contribution in [3.05, 3.63) is 0 Å². The van der Waals surface area contributed by atoms with E-state index in [9.17, 15) is 35.4 Å². The number of nitrogens with one attached hydrogen (secondary N) is 2. The van der Waals surface area contributed by atoms with Crippen LogP contribution in [0.3, 0.4) is 0 Å². The smallest absolute Gasteiger partial charge is 0.253 e. The van der Waals surface area contributed by atoms with Gasteiger partial charge in [0, 0.05) is 31.6 Å². The second-order valence-corrected chi connectivity index (χ2v) is 11.6. The summed E-state index contributed by atoms with van der Waals surface area (Å²) in [5.74, 6) is -0.803. The molecule has 244 valence electrons. The van der Waals surface area contributed by atoms with Gasteiger partial charge < -0.3 is 88.3 Å². The minimum absolute atomic E-state index is 0.0316. The molecule has 0 aromatic heterocycles. The first kappa shape index (κ1) is 33.7. The molecule has 2 unspecified atom stereocenters. The predicted octanol–water partition coefficient (Wildman–Crippen LogP) is -8.05. The Labute approximate surface area is 242 Å². The maximum absolute atomic E-state index is 12.8.